The number of amides is 1. The number of nitrogens with zero attached hydrogens (tertiary/aromatic N) is 1. The topological polar surface area (TPSA) is 55.1 Å². The molecule has 0 fully saturated rings. The molecule has 4 heteroatoms. The number of carbonyl (C=O) groups is 1. The second-order valence-corrected chi connectivity index (χ2v) is 5.89. The maximum absolute atomic E-state index is 12.2. The van der Waals surface area contributed by atoms with Gasteiger partial charge in [-0.25, -0.2) is 0 Å². The molecule has 2 heterocycles. The standard InChI is InChI=1S/C20H22N2O2/c1-2-3-4-5-12-22-20(23)16-8-6-15(7-9-16)19-17-11-14-24-18(17)10-13-21-19/h6-11,13-14H,2-5,12H2,1H3,(H,22,23). The molecule has 0 spiro atoms. The lowest BCUT2D eigenvalue weighted by molar-refractivity contribution is 0.0953. The van der Waals surface area contributed by atoms with Gasteiger partial charge in [-0.3, -0.25) is 9.78 Å². The average Bonchev–Trinajstić information content (AvgIpc) is 3.10. The lowest BCUT2D eigenvalue weighted by Gasteiger charge is -2.06. The summed E-state index contributed by atoms with van der Waals surface area (Å²) in [6, 6.07) is 11.3. The molecule has 0 aliphatic carbocycles. The van der Waals surface area contributed by atoms with E-state index in [0.717, 1.165) is 41.6 Å². The van der Waals surface area contributed by atoms with Crippen molar-refractivity contribution in [3.63, 3.8) is 0 Å². The van der Waals surface area contributed by atoms with Gasteiger partial charge in [0.05, 0.1) is 12.0 Å². The van der Waals surface area contributed by atoms with Crippen LogP contribution in [0, 0.1) is 0 Å². The summed E-state index contributed by atoms with van der Waals surface area (Å²) < 4.78 is 5.41. The van der Waals surface area contributed by atoms with Gasteiger partial charge in [-0.05, 0) is 30.7 Å². The maximum atomic E-state index is 12.2. The van der Waals surface area contributed by atoms with E-state index >= 15 is 0 Å². The Labute approximate surface area is 141 Å². The normalized spacial score (nSPS) is 10.9. The van der Waals surface area contributed by atoms with Crippen LogP contribution in [0.25, 0.3) is 22.2 Å². The summed E-state index contributed by atoms with van der Waals surface area (Å²) in [5, 5.41) is 3.95. The third-order valence-corrected chi connectivity index (χ3v) is 4.12. The van der Waals surface area contributed by atoms with E-state index in [1.54, 1.807) is 12.5 Å². The third kappa shape index (κ3) is 3.65. The molecule has 0 aliphatic heterocycles. The lowest BCUT2D eigenvalue weighted by atomic mass is 10.1. The number of fused-ring (bicyclic) bond motifs is 1. The Kier molecular flexibility index (Phi) is 5.26. The molecule has 0 atom stereocenters. The van der Waals surface area contributed by atoms with Crippen LogP contribution in [0.5, 0.6) is 0 Å². The highest BCUT2D eigenvalue weighted by molar-refractivity contribution is 5.96. The van der Waals surface area contributed by atoms with Crippen LogP contribution in [0.3, 0.4) is 0 Å². The second-order valence-electron chi connectivity index (χ2n) is 5.89. The Hall–Kier alpha value is -2.62. The fraction of sp³-hybridized carbons (Fsp3) is 0.300. The highest BCUT2D eigenvalue weighted by Gasteiger charge is 2.09. The summed E-state index contributed by atoms with van der Waals surface area (Å²) in [5.41, 5.74) is 3.33. The Morgan fingerprint density at radius 3 is 2.71 bits per heavy atom. The fourth-order valence-electron chi connectivity index (χ4n) is 2.76. The number of unbranched alkanes of at least 4 members (excludes halogenated alkanes) is 3. The molecule has 1 aromatic carbocycles. The molecule has 0 aliphatic rings. The van der Waals surface area contributed by atoms with Crippen molar-refractivity contribution in [2.45, 2.75) is 32.6 Å². The predicted octanol–water partition coefficient (Wildman–Crippen LogP) is 4.80. The highest BCUT2D eigenvalue weighted by atomic mass is 16.3. The molecule has 3 aromatic rings. The van der Waals surface area contributed by atoms with Gasteiger partial charge < -0.3 is 9.73 Å². The van der Waals surface area contributed by atoms with Crippen LogP contribution in [0.4, 0.5) is 0 Å². The first kappa shape index (κ1) is 16.2. The van der Waals surface area contributed by atoms with Gasteiger partial charge >= 0.3 is 0 Å². The first-order valence-electron chi connectivity index (χ1n) is 8.50. The summed E-state index contributed by atoms with van der Waals surface area (Å²) in [4.78, 5) is 16.6. The first-order chi connectivity index (χ1) is 11.8. The van der Waals surface area contributed by atoms with E-state index in [-0.39, 0.29) is 5.91 Å². The van der Waals surface area contributed by atoms with E-state index in [1.165, 1.54) is 12.8 Å². The van der Waals surface area contributed by atoms with Crippen molar-refractivity contribution < 1.29 is 9.21 Å². The molecule has 2 aromatic heterocycles. The second kappa shape index (κ2) is 7.77. The molecule has 0 radical (unpaired) electrons. The largest absolute Gasteiger partial charge is 0.464 e. The zero-order valence-corrected chi connectivity index (χ0v) is 13.9. The monoisotopic (exact) mass is 322 g/mol. The number of rotatable bonds is 7. The lowest BCUT2D eigenvalue weighted by Crippen LogP contribution is -2.24. The molecule has 4 nitrogen and oxygen atoms in total. The Balaban J connectivity index is 1.67. The minimum Gasteiger partial charge on any atom is -0.464 e. The molecule has 24 heavy (non-hydrogen) atoms. The number of hydrogen-bond acceptors (Lipinski definition) is 3. The number of hydrogen-bond donors (Lipinski definition) is 1. The summed E-state index contributed by atoms with van der Waals surface area (Å²) in [6.07, 6.45) is 8.01. The SMILES string of the molecule is CCCCCCNC(=O)c1ccc(-c2nccc3occc23)cc1. The van der Waals surface area contributed by atoms with Crippen molar-refractivity contribution in [1.29, 1.82) is 0 Å². The predicted molar refractivity (Wildman–Crippen MR) is 95.9 cm³/mol. The fourth-order valence-corrected chi connectivity index (χ4v) is 2.76. The molecule has 0 saturated heterocycles. The van der Waals surface area contributed by atoms with Crippen molar-refractivity contribution in [3.05, 3.63) is 54.4 Å². The van der Waals surface area contributed by atoms with Crippen LogP contribution >= 0.6 is 0 Å². The molecule has 1 N–H and O–H groups in total. The third-order valence-electron chi connectivity index (χ3n) is 4.12. The van der Waals surface area contributed by atoms with Gasteiger partial charge in [-0.15, -0.1) is 0 Å². The van der Waals surface area contributed by atoms with Crippen LogP contribution in [0.1, 0.15) is 43.0 Å². The highest BCUT2D eigenvalue weighted by Crippen LogP contribution is 2.27. The number of pyridine rings is 1. The van der Waals surface area contributed by atoms with Crippen molar-refractivity contribution in [2.24, 2.45) is 0 Å². The van der Waals surface area contributed by atoms with Crippen molar-refractivity contribution >= 4 is 16.9 Å². The van der Waals surface area contributed by atoms with E-state index in [1.807, 2.05) is 36.4 Å². The van der Waals surface area contributed by atoms with E-state index in [2.05, 4.69) is 17.2 Å². The van der Waals surface area contributed by atoms with E-state index in [0.29, 0.717) is 5.56 Å². The number of carbonyl (C=O) groups excluding carboxylic acids is 1. The summed E-state index contributed by atoms with van der Waals surface area (Å²) in [6.45, 7) is 2.91. The zero-order chi connectivity index (χ0) is 16.8. The van der Waals surface area contributed by atoms with Gasteiger partial charge in [0.2, 0.25) is 0 Å². The van der Waals surface area contributed by atoms with Gasteiger partial charge in [0.1, 0.15) is 5.58 Å². The first-order valence-corrected chi connectivity index (χ1v) is 8.50. The van der Waals surface area contributed by atoms with Gasteiger partial charge in [0.25, 0.3) is 5.91 Å². The van der Waals surface area contributed by atoms with Crippen LogP contribution in [-0.2, 0) is 0 Å². The van der Waals surface area contributed by atoms with Gasteiger partial charge in [-0.1, -0.05) is 38.3 Å². The molecule has 1 amide bonds. The molecular weight excluding hydrogens is 300 g/mol. The number of nitrogens with one attached hydrogen (secondary N) is 1. The summed E-state index contributed by atoms with van der Waals surface area (Å²) in [5.74, 6) is -0.0208. The van der Waals surface area contributed by atoms with Crippen LogP contribution in [-0.4, -0.2) is 17.4 Å². The number of furan rings is 1. The quantitative estimate of drug-likeness (QED) is 0.635. The summed E-state index contributed by atoms with van der Waals surface area (Å²) >= 11 is 0. The number of aromatic nitrogens is 1. The van der Waals surface area contributed by atoms with Crippen LogP contribution < -0.4 is 5.32 Å². The Bertz CT molecular complexity index is 806. The van der Waals surface area contributed by atoms with E-state index in [4.69, 9.17) is 4.42 Å². The summed E-state index contributed by atoms with van der Waals surface area (Å²) in [7, 11) is 0. The van der Waals surface area contributed by atoms with Gasteiger partial charge in [0.15, 0.2) is 0 Å². The zero-order valence-electron chi connectivity index (χ0n) is 13.9. The smallest absolute Gasteiger partial charge is 0.251 e. The van der Waals surface area contributed by atoms with Crippen molar-refractivity contribution in [3.8, 4) is 11.3 Å². The van der Waals surface area contributed by atoms with Gasteiger partial charge in [0, 0.05) is 29.3 Å². The van der Waals surface area contributed by atoms with Crippen molar-refractivity contribution in [1.82, 2.24) is 10.3 Å². The Morgan fingerprint density at radius 2 is 1.92 bits per heavy atom. The molecule has 0 bridgehead atoms. The van der Waals surface area contributed by atoms with Crippen molar-refractivity contribution in [2.75, 3.05) is 6.54 Å². The molecule has 0 saturated carbocycles. The van der Waals surface area contributed by atoms with Crippen LogP contribution in [0.15, 0.2) is 53.3 Å². The minimum atomic E-state index is -0.0208. The van der Waals surface area contributed by atoms with Crippen LogP contribution in [0.2, 0.25) is 0 Å². The molecule has 3 rings (SSSR count). The average molecular weight is 322 g/mol. The molecule has 124 valence electrons. The van der Waals surface area contributed by atoms with Gasteiger partial charge in [-0.2, -0.15) is 0 Å². The molecule has 0 unspecified atom stereocenters. The molecular formula is C20H22N2O2. The minimum absolute atomic E-state index is 0.0208. The maximum Gasteiger partial charge on any atom is 0.251 e. The Morgan fingerprint density at radius 1 is 1.08 bits per heavy atom. The number of benzene rings is 1. The van der Waals surface area contributed by atoms with E-state index in [9.17, 15) is 4.79 Å². The van der Waals surface area contributed by atoms with E-state index < -0.39 is 0 Å².